The van der Waals surface area contributed by atoms with Gasteiger partial charge in [0.05, 0.1) is 12.4 Å². The standard InChI is InChI=1S/C18H30N6O.HI/c1-14-7-10-23(12-16(14)24-11-9-20-13-24)18(19-2)21-8-3-4-17(25)22-15-5-6-15;/h9,11,13-16H,3-8,10,12H2,1-2H3,(H,19,21)(H,22,25);1H. The van der Waals surface area contributed by atoms with Gasteiger partial charge < -0.3 is 20.1 Å². The highest BCUT2D eigenvalue weighted by molar-refractivity contribution is 14.0. The summed E-state index contributed by atoms with van der Waals surface area (Å²) in [5.74, 6) is 1.72. The predicted octanol–water partition coefficient (Wildman–Crippen LogP) is 2.02. The number of rotatable bonds is 6. The molecule has 0 spiro atoms. The van der Waals surface area contributed by atoms with E-state index >= 15 is 0 Å². The number of hydrogen-bond acceptors (Lipinski definition) is 3. The molecule has 2 aliphatic rings. The molecule has 2 atom stereocenters. The minimum atomic E-state index is 0. The molecule has 1 aliphatic carbocycles. The SMILES string of the molecule is CN=C(NCCCC(=O)NC1CC1)N1CCC(C)C(n2ccnc2)C1.I. The molecule has 26 heavy (non-hydrogen) atoms. The first kappa shape index (κ1) is 21.0. The predicted molar refractivity (Wildman–Crippen MR) is 114 cm³/mol. The smallest absolute Gasteiger partial charge is 0.220 e. The highest BCUT2D eigenvalue weighted by atomic mass is 127. The minimum absolute atomic E-state index is 0. The lowest BCUT2D eigenvalue weighted by atomic mass is 9.93. The van der Waals surface area contributed by atoms with E-state index < -0.39 is 0 Å². The molecule has 7 nitrogen and oxygen atoms in total. The maximum absolute atomic E-state index is 11.7. The van der Waals surface area contributed by atoms with E-state index in [4.69, 9.17) is 0 Å². The number of hydrogen-bond donors (Lipinski definition) is 2. The van der Waals surface area contributed by atoms with Gasteiger partial charge >= 0.3 is 0 Å². The van der Waals surface area contributed by atoms with Crippen molar-refractivity contribution in [2.24, 2.45) is 10.9 Å². The van der Waals surface area contributed by atoms with Gasteiger partial charge in [0.25, 0.3) is 0 Å². The highest BCUT2D eigenvalue weighted by Crippen LogP contribution is 2.27. The summed E-state index contributed by atoms with van der Waals surface area (Å²) in [5, 5.41) is 6.44. The van der Waals surface area contributed by atoms with E-state index in [1.165, 1.54) is 0 Å². The van der Waals surface area contributed by atoms with Gasteiger partial charge in [-0.2, -0.15) is 0 Å². The number of guanidine groups is 1. The molecule has 3 rings (SSSR count). The van der Waals surface area contributed by atoms with Gasteiger partial charge in [-0.25, -0.2) is 4.98 Å². The van der Waals surface area contributed by atoms with Crippen molar-refractivity contribution in [2.45, 2.75) is 51.1 Å². The van der Waals surface area contributed by atoms with Gasteiger partial charge in [-0.3, -0.25) is 9.79 Å². The fourth-order valence-electron chi connectivity index (χ4n) is 3.40. The molecule has 1 aromatic heterocycles. The van der Waals surface area contributed by atoms with Crippen LogP contribution in [0.15, 0.2) is 23.7 Å². The Morgan fingerprint density at radius 1 is 1.35 bits per heavy atom. The third kappa shape index (κ3) is 5.85. The van der Waals surface area contributed by atoms with Crippen LogP contribution in [0.2, 0.25) is 0 Å². The summed E-state index contributed by atoms with van der Waals surface area (Å²) in [7, 11) is 1.83. The Labute approximate surface area is 173 Å². The van der Waals surface area contributed by atoms with Gasteiger partial charge in [0, 0.05) is 51.5 Å². The third-order valence-electron chi connectivity index (χ3n) is 5.14. The van der Waals surface area contributed by atoms with Gasteiger partial charge in [0.2, 0.25) is 5.91 Å². The van der Waals surface area contributed by atoms with Crippen molar-refractivity contribution < 1.29 is 4.79 Å². The van der Waals surface area contributed by atoms with Crippen molar-refractivity contribution in [3.8, 4) is 0 Å². The van der Waals surface area contributed by atoms with Crippen molar-refractivity contribution in [2.75, 3.05) is 26.7 Å². The number of amides is 1. The second-order valence-corrected chi connectivity index (χ2v) is 7.21. The molecule has 1 aromatic rings. The van der Waals surface area contributed by atoms with Crippen molar-refractivity contribution in [1.82, 2.24) is 25.1 Å². The molecular weight excluding hydrogens is 443 g/mol. The Balaban J connectivity index is 0.00000243. The Bertz CT molecular complexity index is 587. The number of nitrogens with zero attached hydrogens (tertiary/aromatic N) is 4. The zero-order valence-corrected chi connectivity index (χ0v) is 18.1. The largest absolute Gasteiger partial charge is 0.356 e. The topological polar surface area (TPSA) is 74.6 Å². The number of carbonyl (C=O) groups excluding carboxylic acids is 1. The summed E-state index contributed by atoms with van der Waals surface area (Å²) in [6.07, 6.45) is 10.6. The van der Waals surface area contributed by atoms with Gasteiger partial charge in [0.15, 0.2) is 5.96 Å². The summed E-state index contributed by atoms with van der Waals surface area (Å²) < 4.78 is 2.20. The van der Waals surface area contributed by atoms with Crippen LogP contribution in [-0.2, 0) is 4.79 Å². The molecule has 1 saturated heterocycles. The van der Waals surface area contributed by atoms with Crippen LogP contribution >= 0.6 is 24.0 Å². The highest BCUT2D eigenvalue weighted by Gasteiger charge is 2.28. The van der Waals surface area contributed by atoms with E-state index in [2.05, 4.69) is 37.0 Å². The van der Waals surface area contributed by atoms with Crippen LogP contribution in [0.1, 0.15) is 45.1 Å². The van der Waals surface area contributed by atoms with Crippen LogP contribution in [0.25, 0.3) is 0 Å². The molecule has 2 N–H and O–H groups in total. The monoisotopic (exact) mass is 474 g/mol. The van der Waals surface area contributed by atoms with E-state index in [0.29, 0.717) is 24.4 Å². The quantitative estimate of drug-likeness (QED) is 0.287. The van der Waals surface area contributed by atoms with Crippen molar-refractivity contribution in [3.63, 3.8) is 0 Å². The number of aromatic nitrogens is 2. The molecule has 2 unspecified atom stereocenters. The Hall–Kier alpha value is -1.32. The maximum Gasteiger partial charge on any atom is 0.220 e. The molecule has 0 aromatic carbocycles. The van der Waals surface area contributed by atoms with E-state index in [0.717, 1.165) is 51.3 Å². The average Bonchev–Trinajstić information content (AvgIpc) is 3.25. The van der Waals surface area contributed by atoms with Crippen LogP contribution in [0.4, 0.5) is 0 Å². The molecule has 1 amide bonds. The zero-order chi connectivity index (χ0) is 17.6. The van der Waals surface area contributed by atoms with Crippen molar-refractivity contribution >= 4 is 35.8 Å². The number of carbonyl (C=O) groups is 1. The second kappa shape index (κ2) is 10.1. The molecule has 0 bridgehead atoms. The second-order valence-electron chi connectivity index (χ2n) is 7.21. The number of nitrogens with one attached hydrogen (secondary N) is 2. The van der Waals surface area contributed by atoms with E-state index in [9.17, 15) is 4.79 Å². The van der Waals surface area contributed by atoms with Crippen LogP contribution in [0.5, 0.6) is 0 Å². The van der Waals surface area contributed by atoms with E-state index in [-0.39, 0.29) is 29.9 Å². The lowest BCUT2D eigenvalue weighted by Gasteiger charge is -2.39. The first-order valence-corrected chi connectivity index (χ1v) is 9.39. The van der Waals surface area contributed by atoms with Gasteiger partial charge in [0.1, 0.15) is 0 Å². The third-order valence-corrected chi connectivity index (χ3v) is 5.14. The van der Waals surface area contributed by atoms with Crippen LogP contribution in [0.3, 0.4) is 0 Å². The maximum atomic E-state index is 11.7. The average molecular weight is 474 g/mol. The number of likely N-dealkylation sites (tertiary alicyclic amines) is 1. The Morgan fingerprint density at radius 3 is 2.81 bits per heavy atom. The van der Waals surface area contributed by atoms with Crippen molar-refractivity contribution in [1.29, 1.82) is 0 Å². The molecule has 146 valence electrons. The molecule has 8 heteroatoms. The Morgan fingerprint density at radius 2 is 2.15 bits per heavy atom. The van der Waals surface area contributed by atoms with Gasteiger partial charge in [-0.15, -0.1) is 24.0 Å². The molecular formula is C18H31IN6O. The number of aliphatic imine (C=N–C) groups is 1. The van der Waals surface area contributed by atoms with Crippen LogP contribution in [0, 0.1) is 5.92 Å². The lowest BCUT2D eigenvalue weighted by molar-refractivity contribution is -0.121. The molecule has 1 saturated carbocycles. The normalized spacial score (nSPS) is 23.3. The summed E-state index contributed by atoms with van der Waals surface area (Å²) in [4.78, 5) is 22.7. The van der Waals surface area contributed by atoms with Crippen LogP contribution in [-0.4, -0.2) is 59.0 Å². The van der Waals surface area contributed by atoms with Crippen molar-refractivity contribution in [3.05, 3.63) is 18.7 Å². The zero-order valence-electron chi connectivity index (χ0n) is 15.7. The Kier molecular flexibility index (Phi) is 8.17. The molecule has 1 aliphatic heterocycles. The fourth-order valence-corrected chi connectivity index (χ4v) is 3.40. The minimum Gasteiger partial charge on any atom is -0.356 e. The lowest BCUT2D eigenvalue weighted by Crippen LogP contribution is -2.49. The molecule has 2 heterocycles. The fraction of sp³-hybridized carbons (Fsp3) is 0.722. The van der Waals surface area contributed by atoms with Gasteiger partial charge in [-0.1, -0.05) is 6.92 Å². The summed E-state index contributed by atoms with van der Waals surface area (Å²) >= 11 is 0. The van der Waals surface area contributed by atoms with E-state index in [1.807, 2.05) is 25.8 Å². The number of piperidine rings is 1. The molecule has 2 fully saturated rings. The number of halogens is 1. The number of imidazole rings is 1. The first-order chi connectivity index (χ1) is 12.2. The van der Waals surface area contributed by atoms with Gasteiger partial charge in [-0.05, 0) is 31.6 Å². The summed E-state index contributed by atoms with van der Waals surface area (Å²) in [5.41, 5.74) is 0. The summed E-state index contributed by atoms with van der Waals surface area (Å²) in [6, 6.07) is 0.864. The first-order valence-electron chi connectivity index (χ1n) is 9.39. The molecule has 0 radical (unpaired) electrons. The van der Waals surface area contributed by atoms with E-state index in [1.54, 1.807) is 0 Å². The summed E-state index contributed by atoms with van der Waals surface area (Å²) in [6.45, 7) is 5.01. The van der Waals surface area contributed by atoms with Crippen LogP contribution < -0.4 is 10.6 Å².